The quantitative estimate of drug-likeness (QED) is 0.666. The number of hydrogen-bond acceptors (Lipinski definition) is 5. The van der Waals surface area contributed by atoms with E-state index in [1.54, 1.807) is 0 Å². The summed E-state index contributed by atoms with van der Waals surface area (Å²) in [5.41, 5.74) is 0. The molecule has 1 aliphatic heterocycles. The standard InChI is InChI=1S/C9H18O5.C2H6/c1-2-3-4-6-8(11)14-9(12)7(5-10)13-6;1-2/h6-12H,2-5H2,1H3;1-2H3. The van der Waals surface area contributed by atoms with E-state index in [1.165, 1.54) is 0 Å². The van der Waals surface area contributed by atoms with Crippen LogP contribution in [0.25, 0.3) is 0 Å². The van der Waals surface area contributed by atoms with Gasteiger partial charge in [0.05, 0.1) is 6.61 Å². The summed E-state index contributed by atoms with van der Waals surface area (Å²) < 4.78 is 10.1. The van der Waals surface area contributed by atoms with Crippen LogP contribution in [-0.4, -0.2) is 46.7 Å². The molecular weight excluding hydrogens is 212 g/mol. The van der Waals surface area contributed by atoms with Crippen molar-refractivity contribution in [3.63, 3.8) is 0 Å². The molecule has 0 aromatic rings. The molecule has 1 rings (SSSR count). The van der Waals surface area contributed by atoms with E-state index in [0.717, 1.165) is 12.8 Å². The number of aliphatic hydroxyl groups excluding tert-OH is 3. The van der Waals surface area contributed by atoms with Gasteiger partial charge in [0.1, 0.15) is 12.2 Å². The third-order valence-electron chi connectivity index (χ3n) is 2.29. The van der Waals surface area contributed by atoms with E-state index < -0.39 is 24.8 Å². The van der Waals surface area contributed by atoms with Crippen molar-refractivity contribution in [2.45, 2.75) is 64.8 Å². The van der Waals surface area contributed by atoms with Gasteiger partial charge in [0, 0.05) is 0 Å². The largest absolute Gasteiger partial charge is 0.393 e. The molecule has 0 radical (unpaired) electrons. The fourth-order valence-electron chi connectivity index (χ4n) is 1.43. The normalized spacial score (nSPS) is 34.1. The second kappa shape index (κ2) is 8.90. The predicted octanol–water partition coefficient (Wildman–Crippen LogP) is 0.616. The molecule has 4 atom stereocenters. The molecule has 0 amide bonds. The van der Waals surface area contributed by atoms with Crippen LogP contribution in [0.1, 0.15) is 40.0 Å². The first-order valence-electron chi connectivity index (χ1n) is 5.97. The molecule has 0 spiro atoms. The zero-order valence-corrected chi connectivity index (χ0v) is 10.3. The van der Waals surface area contributed by atoms with Crippen LogP contribution in [0.3, 0.4) is 0 Å². The molecule has 5 nitrogen and oxygen atoms in total. The first-order valence-corrected chi connectivity index (χ1v) is 5.97. The average Bonchev–Trinajstić information content (AvgIpc) is 2.31. The highest BCUT2D eigenvalue weighted by atomic mass is 16.7. The number of unbranched alkanes of at least 4 members (excludes halogenated alkanes) is 1. The zero-order chi connectivity index (χ0) is 12.6. The highest BCUT2D eigenvalue weighted by Gasteiger charge is 2.36. The Hall–Kier alpha value is -0.200. The summed E-state index contributed by atoms with van der Waals surface area (Å²) in [5, 5.41) is 27.5. The van der Waals surface area contributed by atoms with Gasteiger partial charge in [0.15, 0.2) is 12.6 Å². The highest BCUT2D eigenvalue weighted by Crippen LogP contribution is 2.21. The molecule has 0 aliphatic carbocycles. The van der Waals surface area contributed by atoms with Crippen molar-refractivity contribution in [3.8, 4) is 0 Å². The Morgan fingerprint density at radius 3 is 2.06 bits per heavy atom. The Kier molecular flexibility index (Phi) is 8.78. The van der Waals surface area contributed by atoms with Gasteiger partial charge < -0.3 is 24.8 Å². The Labute approximate surface area is 97.0 Å². The summed E-state index contributed by atoms with van der Waals surface area (Å²) in [6, 6.07) is 0. The van der Waals surface area contributed by atoms with Crippen LogP contribution in [0.4, 0.5) is 0 Å². The second-order valence-corrected chi connectivity index (χ2v) is 3.45. The summed E-state index contributed by atoms with van der Waals surface area (Å²) in [6.07, 6.45) is -0.956. The molecule has 0 aromatic carbocycles. The van der Waals surface area contributed by atoms with E-state index in [0.29, 0.717) is 6.42 Å². The molecule has 0 aromatic heterocycles. The summed E-state index contributed by atoms with van der Waals surface area (Å²) in [4.78, 5) is 0. The predicted molar refractivity (Wildman–Crippen MR) is 59.7 cm³/mol. The Morgan fingerprint density at radius 2 is 1.56 bits per heavy atom. The monoisotopic (exact) mass is 236 g/mol. The number of aliphatic hydroxyl groups is 3. The molecule has 1 fully saturated rings. The maximum absolute atomic E-state index is 9.39. The molecule has 1 heterocycles. The third-order valence-corrected chi connectivity index (χ3v) is 2.29. The second-order valence-electron chi connectivity index (χ2n) is 3.45. The van der Waals surface area contributed by atoms with Gasteiger partial charge in [-0.15, -0.1) is 0 Å². The Bertz CT molecular complexity index is 164. The minimum Gasteiger partial charge on any atom is -0.393 e. The molecule has 16 heavy (non-hydrogen) atoms. The maximum atomic E-state index is 9.39. The first kappa shape index (κ1) is 15.8. The fraction of sp³-hybridized carbons (Fsp3) is 1.00. The molecule has 0 saturated carbocycles. The minimum atomic E-state index is -1.24. The molecule has 3 N–H and O–H groups in total. The van der Waals surface area contributed by atoms with E-state index in [9.17, 15) is 10.2 Å². The smallest absolute Gasteiger partial charge is 0.186 e. The van der Waals surface area contributed by atoms with Gasteiger partial charge in [0.25, 0.3) is 0 Å². The lowest BCUT2D eigenvalue weighted by molar-refractivity contribution is -0.339. The van der Waals surface area contributed by atoms with E-state index >= 15 is 0 Å². The van der Waals surface area contributed by atoms with Crippen LogP contribution in [0.15, 0.2) is 0 Å². The van der Waals surface area contributed by atoms with E-state index in [4.69, 9.17) is 14.6 Å². The van der Waals surface area contributed by atoms with Crippen LogP contribution < -0.4 is 0 Å². The first-order chi connectivity index (χ1) is 7.69. The number of rotatable bonds is 4. The molecule has 98 valence electrons. The molecule has 4 unspecified atom stereocenters. The van der Waals surface area contributed by atoms with Gasteiger partial charge in [-0.3, -0.25) is 0 Å². The van der Waals surface area contributed by atoms with Crippen LogP contribution in [0, 0.1) is 0 Å². The van der Waals surface area contributed by atoms with Crippen molar-refractivity contribution in [1.29, 1.82) is 0 Å². The Balaban J connectivity index is 0.00000106. The van der Waals surface area contributed by atoms with Crippen LogP contribution in [0.5, 0.6) is 0 Å². The van der Waals surface area contributed by atoms with Gasteiger partial charge >= 0.3 is 0 Å². The van der Waals surface area contributed by atoms with Crippen molar-refractivity contribution in [1.82, 2.24) is 0 Å². The van der Waals surface area contributed by atoms with Gasteiger partial charge in [0.2, 0.25) is 0 Å². The lowest BCUT2D eigenvalue weighted by Gasteiger charge is -2.36. The van der Waals surface area contributed by atoms with Crippen LogP contribution in [0.2, 0.25) is 0 Å². The SMILES string of the molecule is CC.CCCCC1OC(CO)C(O)OC1O. The average molecular weight is 236 g/mol. The summed E-state index contributed by atoms with van der Waals surface area (Å²) in [7, 11) is 0. The summed E-state index contributed by atoms with van der Waals surface area (Å²) >= 11 is 0. The van der Waals surface area contributed by atoms with Crippen molar-refractivity contribution < 1.29 is 24.8 Å². The molecule has 5 heteroatoms. The van der Waals surface area contributed by atoms with Gasteiger partial charge in [-0.25, -0.2) is 0 Å². The number of hydrogen-bond donors (Lipinski definition) is 3. The topological polar surface area (TPSA) is 79.2 Å². The molecule has 1 saturated heterocycles. The lowest BCUT2D eigenvalue weighted by atomic mass is 10.1. The van der Waals surface area contributed by atoms with Crippen molar-refractivity contribution in [2.24, 2.45) is 0 Å². The molecule has 0 bridgehead atoms. The van der Waals surface area contributed by atoms with Gasteiger partial charge in [-0.1, -0.05) is 33.6 Å². The minimum absolute atomic E-state index is 0.309. The summed E-state index contributed by atoms with van der Waals surface area (Å²) in [5.74, 6) is 0. The lowest BCUT2D eigenvalue weighted by Crippen LogP contribution is -2.50. The van der Waals surface area contributed by atoms with Crippen LogP contribution >= 0.6 is 0 Å². The van der Waals surface area contributed by atoms with Crippen molar-refractivity contribution in [2.75, 3.05) is 6.61 Å². The molecule has 1 aliphatic rings. The number of ether oxygens (including phenoxy) is 2. The maximum Gasteiger partial charge on any atom is 0.186 e. The zero-order valence-electron chi connectivity index (χ0n) is 10.3. The van der Waals surface area contributed by atoms with E-state index in [2.05, 4.69) is 0 Å². The fourth-order valence-corrected chi connectivity index (χ4v) is 1.43. The molecular formula is C11H24O5. The third kappa shape index (κ3) is 4.76. The van der Waals surface area contributed by atoms with Gasteiger partial charge in [-0.05, 0) is 6.42 Å². The van der Waals surface area contributed by atoms with E-state index in [1.807, 2.05) is 20.8 Å². The van der Waals surface area contributed by atoms with Crippen LogP contribution in [-0.2, 0) is 9.47 Å². The summed E-state index contributed by atoms with van der Waals surface area (Å²) in [6.45, 7) is 5.73. The highest BCUT2D eigenvalue weighted by molar-refractivity contribution is 4.73. The van der Waals surface area contributed by atoms with E-state index in [-0.39, 0.29) is 6.61 Å². The van der Waals surface area contributed by atoms with Crippen molar-refractivity contribution in [3.05, 3.63) is 0 Å². The van der Waals surface area contributed by atoms with Crippen molar-refractivity contribution >= 4 is 0 Å². The van der Waals surface area contributed by atoms with Gasteiger partial charge in [-0.2, -0.15) is 0 Å². The Morgan fingerprint density at radius 1 is 1.00 bits per heavy atom.